The lowest BCUT2D eigenvalue weighted by Crippen LogP contribution is -2.04. The van der Waals surface area contributed by atoms with Gasteiger partial charge in [-0.3, -0.25) is 0 Å². The Morgan fingerprint density at radius 2 is 1.90 bits per heavy atom. The van der Waals surface area contributed by atoms with Crippen LogP contribution in [0.2, 0.25) is 0 Å². The van der Waals surface area contributed by atoms with Crippen molar-refractivity contribution in [2.24, 2.45) is 0 Å². The smallest absolute Gasteiger partial charge is 0.148 e. The second-order valence-electron chi connectivity index (χ2n) is 4.15. The minimum absolute atomic E-state index is 0.290. The molecule has 2 aromatic rings. The molecule has 0 spiro atoms. The van der Waals surface area contributed by atoms with Crippen molar-refractivity contribution in [2.75, 3.05) is 18.2 Å². The monoisotopic (exact) mass is 283 g/mol. The van der Waals surface area contributed by atoms with E-state index in [1.54, 1.807) is 11.8 Å². The number of nitrogens with one attached hydrogen (secondary N) is 1. The van der Waals surface area contributed by atoms with Gasteiger partial charge in [-0.2, -0.15) is 0 Å². The van der Waals surface area contributed by atoms with E-state index in [1.165, 1.54) is 4.90 Å². The molecule has 1 N–H and O–H groups in total. The first-order valence-corrected chi connectivity index (χ1v) is 7.58. The Hall–Kier alpha value is -2.05. The molecule has 0 aliphatic carbocycles. The normalized spacial score (nSPS) is 9.80. The lowest BCUT2D eigenvalue weighted by atomic mass is 10.2. The Balaban J connectivity index is 2.09. The zero-order chi connectivity index (χ0) is 14.2. The Bertz CT molecular complexity index is 604. The summed E-state index contributed by atoms with van der Waals surface area (Å²) >= 11 is 1.73. The van der Waals surface area contributed by atoms with Crippen LogP contribution in [0.3, 0.4) is 0 Å². The molecule has 2 aromatic carbocycles. The Kier molecular flexibility index (Phi) is 5.40. The van der Waals surface area contributed by atoms with E-state index in [0.29, 0.717) is 13.2 Å². The summed E-state index contributed by atoms with van der Waals surface area (Å²) in [5.41, 5.74) is 2.23. The topological polar surface area (TPSA) is 21.3 Å². The van der Waals surface area contributed by atoms with Crippen molar-refractivity contribution < 1.29 is 4.74 Å². The molecule has 0 amide bonds. The molecule has 0 fully saturated rings. The molecule has 0 aliphatic rings. The van der Waals surface area contributed by atoms with Gasteiger partial charge in [-0.05, 0) is 24.5 Å². The van der Waals surface area contributed by atoms with Crippen molar-refractivity contribution in [1.29, 1.82) is 0 Å². The van der Waals surface area contributed by atoms with Gasteiger partial charge in [0.1, 0.15) is 12.4 Å². The molecule has 0 saturated carbocycles. The molecular weight excluding hydrogens is 266 g/mol. The summed E-state index contributed by atoms with van der Waals surface area (Å²) in [5, 5.41) is 3.44. The van der Waals surface area contributed by atoms with Crippen molar-refractivity contribution in [3.05, 3.63) is 54.1 Å². The summed E-state index contributed by atoms with van der Waals surface area (Å²) in [5.74, 6) is 3.32. The van der Waals surface area contributed by atoms with Crippen LogP contribution in [-0.4, -0.2) is 12.9 Å². The Morgan fingerprint density at radius 3 is 2.70 bits per heavy atom. The molecule has 0 radical (unpaired) electrons. The zero-order valence-corrected chi connectivity index (χ0v) is 12.2. The fourth-order valence-electron chi connectivity index (χ4n) is 1.89. The molecule has 0 aliphatic heterocycles. The standard InChI is InChI=1S/C17H17NOS/c1-3-12-19-16-10-6-4-8-14(16)13-18-15-9-5-7-11-17(15)20-2/h1,4-11,18H,12-13H2,2H3. The van der Waals surface area contributed by atoms with Gasteiger partial charge in [0, 0.05) is 22.7 Å². The van der Waals surface area contributed by atoms with E-state index in [2.05, 4.69) is 29.6 Å². The van der Waals surface area contributed by atoms with E-state index in [0.717, 1.165) is 17.0 Å². The van der Waals surface area contributed by atoms with E-state index in [4.69, 9.17) is 11.2 Å². The van der Waals surface area contributed by atoms with Gasteiger partial charge < -0.3 is 10.1 Å². The molecule has 0 saturated heterocycles. The van der Waals surface area contributed by atoms with Gasteiger partial charge in [0.05, 0.1) is 0 Å². The summed E-state index contributed by atoms with van der Waals surface area (Å²) < 4.78 is 5.55. The first-order chi connectivity index (χ1) is 9.85. The summed E-state index contributed by atoms with van der Waals surface area (Å²) in [6, 6.07) is 16.2. The van der Waals surface area contributed by atoms with Crippen LogP contribution in [-0.2, 0) is 6.54 Å². The minimum atomic E-state index is 0.290. The van der Waals surface area contributed by atoms with Crippen LogP contribution in [0.4, 0.5) is 5.69 Å². The second-order valence-corrected chi connectivity index (χ2v) is 5.00. The number of ether oxygens (including phenoxy) is 1. The third-order valence-electron chi connectivity index (χ3n) is 2.86. The molecule has 0 unspecified atom stereocenters. The number of benzene rings is 2. The number of hydrogen-bond donors (Lipinski definition) is 1. The van der Waals surface area contributed by atoms with Gasteiger partial charge in [0.15, 0.2) is 0 Å². The zero-order valence-electron chi connectivity index (χ0n) is 11.4. The molecule has 0 atom stereocenters. The molecule has 0 heterocycles. The van der Waals surface area contributed by atoms with Crippen molar-refractivity contribution in [3.63, 3.8) is 0 Å². The molecule has 0 bridgehead atoms. The Labute approximate surface area is 124 Å². The second kappa shape index (κ2) is 7.52. The maximum Gasteiger partial charge on any atom is 0.148 e. The third kappa shape index (κ3) is 3.72. The van der Waals surface area contributed by atoms with Crippen LogP contribution in [0.5, 0.6) is 5.75 Å². The number of thioether (sulfide) groups is 1. The average molecular weight is 283 g/mol. The van der Waals surface area contributed by atoms with E-state index in [9.17, 15) is 0 Å². The Morgan fingerprint density at radius 1 is 1.15 bits per heavy atom. The third-order valence-corrected chi connectivity index (χ3v) is 3.66. The first-order valence-electron chi connectivity index (χ1n) is 6.36. The van der Waals surface area contributed by atoms with Crippen LogP contribution in [0.15, 0.2) is 53.4 Å². The van der Waals surface area contributed by atoms with Crippen LogP contribution in [0.25, 0.3) is 0 Å². The molecule has 2 nitrogen and oxygen atoms in total. The van der Waals surface area contributed by atoms with Gasteiger partial charge in [-0.15, -0.1) is 18.2 Å². The van der Waals surface area contributed by atoms with Crippen LogP contribution >= 0.6 is 11.8 Å². The maximum absolute atomic E-state index is 5.55. The summed E-state index contributed by atoms with van der Waals surface area (Å²) in [6.07, 6.45) is 7.31. The quantitative estimate of drug-likeness (QED) is 0.639. The molecule has 2 rings (SSSR count). The highest BCUT2D eigenvalue weighted by Crippen LogP contribution is 2.26. The van der Waals surface area contributed by atoms with Crippen molar-refractivity contribution in [3.8, 4) is 18.1 Å². The van der Waals surface area contributed by atoms with Gasteiger partial charge in [0.2, 0.25) is 0 Å². The number of anilines is 1. The van der Waals surface area contributed by atoms with Gasteiger partial charge in [-0.1, -0.05) is 36.3 Å². The largest absolute Gasteiger partial charge is 0.481 e. The molecule has 3 heteroatoms. The number of hydrogen-bond acceptors (Lipinski definition) is 3. The summed E-state index contributed by atoms with van der Waals surface area (Å²) in [6.45, 7) is 0.997. The van der Waals surface area contributed by atoms with Crippen LogP contribution in [0, 0.1) is 12.3 Å². The van der Waals surface area contributed by atoms with E-state index in [-0.39, 0.29) is 0 Å². The van der Waals surface area contributed by atoms with Crippen LogP contribution in [0.1, 0.15) is 5.56 Å². The maximum atomic E-state index is 5.55. The lowest BCUT2D eigenvalue weighted by Gasteiger charge is -2.13. The molecular formula is C17H17NOS. The minimum Gasteiger partial charge on any atom is -0.481 e. The average Bonchev–Trinajstić information content (AvgIpc) is 2.52. The fraction of sp³-hybridized carbons (Fsp3) is 0.176. The van der Waals surface area contributed by atoms with Gasteiger partial charge in [0.25, 0.3) is 0 Å². The number of rotatable bonds is 6. The van der Waals surface area contributed by atoms with Crippen molar-refractivity contribution in [2.45, 2.75) is 11.4 Å². The molecule has 102 valence electrons. The van der Waals surface area contributed by atoms with E-state index >= 15 is 0 Å². The van der Waals surface area contributed by atoms with Gasteiger partial charge in [-0.25, -0.2) is 0 Å². The highest BCUT2D eigenvalue weighted by Gasteiger charge is 2.04. The number of para-hydroxylation sites is 2. The van der Waals surface area contributed by atoms with Crippen molar-refractivity contribution in [1.82, 2.24) is 0 Å². The lowest BCUT2D eigenvalue weighted by molar-refractivity contribution is 0.366. The fourth-order valence-corrected chi connectivity index (χ4v) is 2.47. The van der Waals surface area contributed by atoms with E-state index in [1.807, 2.05) is 36.4 Å². The molecule has 0 aromatic heterocycles. The molecule has 20 heavy (non-hydrogen) atoms. The predicted molar refractivity (Wildman–Crippen MR) is 86.3 cm³/mol. The van der Waals surface area contributed by atoms with E-state index < -0.39 is 0 Å². The highest BCUT2D eigenvalue weighted by molar-refractivity contribution is 7.98. The summed E-state index contributed by atoms with van der Waals surface area (Å²) in [4.78, 5) is 1.23. The van der Waals surface area contributed by atoms with Gasteiger partial charge >= 0.3 is 0 Å². The SMILES string of the molecule is C#CCOc1ccccc1CNc1ccccc1SC. The summed E-state index contributed by atoms with van der Waals surface area (Å²) in [7, 11) is 0. The van der Waals surface area contributed by atoms with Crippen LogP contribution < -0.4 is 10.1 Å². The first kappa shape index (κ1) is 14.4. The predicted octanol–water partition coefficient (Wildman–Crippen LogP) is 4.03. The number of terminal acetylenes is 1. The van der Waals surface area contributed by atoms with Crippen molar-refractivity contribution >= 4 is 17.4 Å². The highest BCUT2D eigenvalue weighted by atomic mass is 32.2.